The van der Waals surface area contributed by atoms with Gasteiger partial charge in [0.15, 0.2) is 0 Å². The van der Waals surface area contributed by atoms with Gasteiger partial charge in [-0.3, -0.25) is 9.69 Å². The Balaban J connectivity index is 1.67. The lowest BCUT2D eigenvalue weighted by Crippen LogP contribution is -2.43. The molecule has 2 aliphatic carbocycles. The molecule has 2 fully saturated rings. The SMILES string of the molecule is CN(CC(=O)NC1CCCC1)CC1CCCCC1O. The van der Waals surface area contributed by atoms with Gasteiger partial charge in [-0.05, 0) is 38.6 Å². The number of carbonyl (C=O) groups excluding carboxylic acids is 1. The molecule has 110 valence electrons. The summed E-state index contributed by atoms with van der Waals surface area (Å²) in [6, 6.07) is 0.404. The van der Waals surface area contributed by atoms with E-state index in [1.54, 1.807) is 0 Å². The van der Waals surface area contributed by atoms with Crippen LogP contribution in [0.25, 0.3) is 0 Å². The molecule has 2 unspecified atom stereocenters. The molecule has 0 saturated heterocycles. The summed E-state index contributed by atoms with van der Waals surface area (Å²) in [5.41, 5.74) is 0. The number of amides is 1. The van der Waals surface area contributed by atoms with Crippen LogP contribution < -0.4 is 5.32 Å². The van der Waals surface area contributed by atoms with Gasteiger partial charge < -0.3 is 10.4 Å². The van der Waals surface area contributed by atoms with E-state index in [9.17, 15) is 9.90 Å². The number of hydrogen-bond donors (Lipinski definition) is 2. The number of carbonyl (C=O) groups is 1. The third-order valence-electron chi connectivity index (χ3n) is 4.55. The summed E-state index contributed by atoms with van der Waals surface area (Å²) < 4.78 is 0. The fourth-order valence-electron chi connectivity index (χ4n) is 3.45. The van der Waals surface area contributed by atoms with Crippen LogP contribution in [0.1, 0.15) is 51.4 Å². The van der Waals surface area contributed by atoms with E-state index >= 15 is 0 Å². The number of aliphatic hydroxyl groups is 1. The zero-order valence-electron chi connectivity index (χ0n) is 12.1. The third-order valence-corrected chi connectivity index (χ3v) is 4.55. The van der Waals surface area contributed by atoms with E-state index in [4.69, 9.17) is 0 Å². The standard InChI is InChI=1S/C15H28N2O2/c1-17(10-12-6-2-5-9-14(12)18)11-15(19)16-13-7-3-4-8-13/h12-14,18H,2-11H2,1H3,(H,16,19). The maximum Gasteiger partial charge on any atom is 0.234 e. The van der Waals surface area contributed by atoms with Crippen LogP contribution in [0.5, 0.6) is 0 Å². The minimum atomic E-state index is -0.172. The molecule has 2 saturated carbocycles. The average Bonchev–Trinajstić information content (AvgIpc) is 2.84. The van der Waals surface area contributed by atoms with Crippen molar-refractivity contribution in [1.82, 2.24) is 10.2 Å². The van der Waals surface area contributed by atoms with Crippen LogP contribution in [0, 0.1) is 5.92 Å². The fraction of sp³-hybridized carbons (Fsp3) is 0.933. The van der Waals surface area contributed by atoms with Crippen molar-refractivity contribution in [3.8, 4) is 0 Å². The van der Waals surface area contributed by atoms with Crippen LogP contribution >= 0.6 is 0 Å². The molecule has 0 spiro atoms. The Hall–Kier alpha value is -0.610. The first-order chi connectivity index (χ1) is 9.15. The summed E-state index contributed by atoms with van der Waals surface area (Å²) >= 11 is 0. The van der Waals surface area contributed by atoms with Gasteiger partial charge in [0.2, 0.25) is 5.91 Å². The first-order valence-electron chi connectivity index (χ1n) is 7.81. The van der Waals surface area contributed by atoms with Gasteiger partial charge in [0, 0.05) is 12.6 Å². The van der Waals surface area contributed by atoms with E-state index in [-0.39, 0.29) is 12.0 Å². The summed E-state index contributed by atoms with van der Waals surface area (Å²) in [5, 5.41) is 13.1. The van der Waals surface area contributed by atoms with Gasteiger partial charge in [-0.15, -0.1) is 0 Å². The van der Waals surface area contributed by atoms with Gasteiger partial charge in [0.25, 0.3) is 0 Å². The highest BCUT2D eigenvalue weighted by Crippen LogP contribution is 2.24. The zero-order chi connectivity index (χ0) is 13.7. The molecular formula is C15H28N2O2. The van der Waals surface area contributed by atoms with Crippen LogP contribution in [-0.2, 0) is 4.79 Å². The number of nitrogens with one attached hydrogen (secondary N) is 1. The second-order valence-electron chi connectivity index (χ2n) is 6.36. The molecule has 0 bridgehead atoms. The third kappa shape index (κ3) is 4.77. The highest BCUT2D eigenvalue weighted by molar-refractivity contribution is 5.78. The second-order valence-corrected chi connectivity index (χ2v) is 6.36. The molecule has 2 atom stereocenters. The van der Waals surface area contributed by atoms with Crippen molar-refractivity contribution in [3.05, 3.63) is 0 Å². The highest BCUT2D eigenvalue weighted by atomic mass is 16.3. The highest BCUT2D eigenvalue weighted by Gasteiger charge is 2.25. The molecule has 4 heteroatoms. The predicted octanol–water partition coefficient (Wildman–Crippen LogP) is 1.53. The molecule has 0 aliphatic heterocycles. The van der Waals surface area contributed by atoms with Gasteiger partial charge in [-0.1, -0.05) is 25.7 Å². The second kappa shape index (κ2) is 7.25. The molecular weight excluding hydrogens is 240 g/mol. The van der Waals surface area contributed by atoms with Crippen molar-refractivity contribution in [2.45, 2.75) is 63.5 Å². The Morgan fingerprint density at radius 2 is 1.79 bits per heavy atom. The Morgan fingerprint density at radius 3 is 2.47 bits per heavy atom. The van der Waals surface area contributed by atoms with Crippen LogP contribution in [0.4, 0.5) is 0 Å². The summed E-state index contributed by atoms with van der Waals surface area (Å²) in [6.07, 6.45) is 8.96. The Labute approximate surface area is 116 Å². The fourth-order valence-corrected chi connectivity index (χ4v) is 3.45. The molecule has 0 radical (unpaired) electrons. The Kier molecular flexibility index (Phi) is 5.64. The van der Waals surface area contributed by atoms with E-state index in [0.29, 0.717) is 18.5 Å². The average molecular weight is 268 g/mol. The van der Waals surface area contributed by atoms with Crippen molar-refractivity contribution in [2.24, 2.45) is 5.92 Å². The van der Waals surface area contributed by atoms with E-state index in [1.165, 1.54) is 19.3 Å². The molecule has 0 heterocycles. The van der Waals surface area contributed by atoms with Gasteiger partial charge in [-0.25, -0.2) is 0 Å². The van der Waals surface area contributed by atoms with Crippen LogP contribution in [-0.4, -0.2) is 48.2 Å². The van der Waals surface area contributed by atoms with Crippen LogP contribution in [0.2, 0.25) is 0 Å². The zero-order valence-corrected chi connectivity index (χ0v) is 12.1. The van der Waals surface area contributed by atoms with Gasteiger partial charge in [0.1, 0.15) is 0 Å². The first-order valence-corrected chi connectivity index (χ1v) is 7.81. The normalized spacial score (nSPS) is 28.8. The molecule has 19 heavy (non-hydrogen) atoms. The monoisotopic (exact) mass is 268 g/mol. The van der Waals surface area contributed by atoms with E-state index in [1.807, 2.05) is 7.05 Å². The number of aliphatic hydroxyl groups excluding tert-OH is 1. The van der Waals surface area contributed by atoms with Crippen molar-refractivity contribution >= 4 is 5.91 Å². The van der Waals surface area contributed by atoms with Crippen LogP contribution in [0.15, 0.2) is 0 Å². The molecule has 2 N–H and O–H groups in total. The molecule has 2 aliphatic rings. The van der Waals surface area contributed by atoms with Crippen molar-refractivity contribution < 1.29 is 9.90 Å². The predicted molar refractivity (Wildman–Crippen MR) is 75.9 cm³/mol. The molecule has 0 aromatic heterocycles. The smallest absolute Gasteiger partial charge is 0.234 e. The number of rotatable bonds is 5. The summed E-state index contributed by atoms with van der Waals surface area (Å²) in [7, 11) is 1.98. The maximum absolute atomic E-state index is 11.9. The summed E-state index contributed by atoms with van der Waals surface area (Å²) in [6.45, 7) is 1.29. The van der Waals surface area contributed by atoms with E-state index in [2.05, 4.69) is 10.2 Å². The minimum absolute atomic E-state index is 0.139. The first kappa shape index (κ1) is 14.8. The van der Waals surface area contributed by atoms with E-state index < -0.39 is 0 Å². The molecule has 0 aromatic rings. The lowest BCUT2D eigenvalue weighted by atomic mass is 9.86. The minimum Gasteiger partial charge on any atom is -0.393 e. The lowest BCUT2D eigenvalue weighted by molar-refractivity contribution is -0.123. The lowest BCUT2D eigenvalue weighted by Gasteiger charge is -2.31. The van der Waals surface area contributed by atoms with Crippen molar-refractivity contribution in [2.75, 3.05) is 20.1 Å². The molecule has 2 rings (SSSR count). The number of hydrogen-bond acceptors (Lipinski definition) is 3. The Bertz CT molecular complexity index is 290. The van der Waals surface area contributed by atoms with Gasteiger partial charge in [0.05, 0.1) is 12.6 Å². The largest absolute Gasteiger partial charge is 0.393 e. The number of nitrogens with zero attached hydrogens (tertiary/aromatic N) is 1. The van der Waals surface area contributed by atoms with E-state index in [0.717, 1.165) is 38.6 Å². The van der Waals surface area contributed by atoms with Gasteiger partial charge in [-0.2, -0.15) is 0 Å². The van der Waals surface area contributed by atoms with Crippen molar-refractivity contribution in [3.63, 3.8) is 0 Å². The number of likely N-dealkylation sites (N-methyl/N-ethyl adjacent to an activating group) is 1. The topological polar surface area (TPSA) is 52.6 Å². The Morgan fingerprint density at radius 1 is 1.16 bits per heavy atom. The van der Waals surface area contributed by atoms with Crippen LogP contribution in [0.3, 0.4) is 0 Å². The molecule has 1 amide bonds. The maximum atomic E-state index is 11.9. The van der Waals surface area contributed by atoms with Gasteiger partial charge >= 0.3 is 0 Å². The molecule has 0 aromatic carbocycles. The quantitative estimate of drug-likeness (QED) is 0.795. The van der Waals surface area contributed by atoms with Crippen molar-refractivity contribution in [1.29, 1.82) is 0 Å². The summed E-state index contributed by atoms with van der Waals surface area (Å²) in [5.74, 6) is 0.484. The summed E-state index contributed by atoms with van der Waals surface area (Å²) in [4.78, 5) is 14.0. The molecule has 4 nitrogen and oxygen atoms in total.